The van der Waals surface area contributed by atoms with Crippen molar-refractivity contribution in [1.82, 2.24) is 9.97 Å². The van der Waals surface area contributed by atoms with E-state index in [0.717, 1.165) is 17.7 Å². The van der Waals surface area contributed by atoms with E-state index >= 15 is 0 Å². The molecule has 0 spiro atoms. The molecule has 0 radical (unpaired) electrons. The molecule has 15 heavy (non-hydrogen) atoms. The zero-order chi connectivity index (χ0) is 10.7. The molecule has 0 aliphatic carbocycles. The van der Waals surface area contributed by atoms with Crippen LogP contribution >= 0.6 is 11.3 Å². The largest absolute Gasteiger partial charge is 0.316 e. The van der Waals surface area contributed by atoms with Gasteiger partial charge in [-0.1, -0.05) is 11.3 Å². The van der Waals surface area contributed by atoms with Gasteiger partial charge in [0.25, 0.3) is 0 Å². The van der Waals surface area contributed by atoms with Crippen LogP contribution in [-0.4, -0.2) is 16.3 Å². The lowest BCUT2D eigenvalue weighted by Crippen LogP contribution is -1.92. The van der Waals surface area contributed by atoms with Gasteiger partial charge in [0.1, 0.15) is 5.82 Å². The Labute approximate surface area is 91.0 Å². The third-order valence-electron chi connectivity index (χ3n) is 1.79. The first-order valence-electron chi connectivity index (χ1n) is 4.38. The average molecular weight is 219 g/mol. The van der Waals surface area contributed by atoms with Crippen molar-refractivity contribution in [3.63, 3.8) is 0 Å². The Morgan fingerprint density at radius 1 is 1.47 bits per heavy atom. The number of rotatable bonds is 3. The number of anilines is 2. The zero-order valence-electron chi connectivity index (χ0n) is 8.10. The van der Waals surface area contributed by atoms with Crippen LogP contribution in [0.4, 0.5) is 10.9 Å². The van der Waals surface area contributed by atoms with E-state index in [4.69, 9.17) is 0 Å². The second-order valence-corrected chi connectivity index (χ2v) is 4.09. The highest BCUT2D eigenvalue weighted by atomic mass is 32.1. The van der Waals surface area contributed by atoms with E-state index in [1.54, 1.807) is 6.20 Å². The predicted octanol–water partition coefficient (Wildman–Crippen LogP) is 2.40. The van der Waals surface area contributed by atoms with Crippen LogP contribution in [0.5, 0.6) is 0 Å². The number of thiazole rings is 1. The minimum atomic E-state index is 0.602. The summed E-state index contributed by atoms with van der Waals surface area (Å²) in [6.07, 6.45) is 4.05. The second-order valence-electron chi connectivity index (χ2n) is 3.03. The van der Waals surface area contributed by atoms with Gasteiger partial charge in [0.05, 0.1) is 11.1 Å². The summed E-state index contributed by atoms with van der Waals surface area (Å²) in [5.74, 6) is 0.738. The highest BCUT2D eigenvalue weighted by molar-refractivity contribution is 7.17. The number of hydrogen-bond acceptors (Lipinski definition) is 5. The van der Waals surface area contributed by atoms with Gasteiger partial charge in [0, 0.05) is 6.20 Å². The average Bonchev–Trinajstić information content (AvgIpc) is 2.65. The lowest BCUT2D eigenvalue weighted by atomic mass is 10.3. The van der Waals surface area contributed by atoms with Crippen molar-refractivity contribution in [2.45, 2.75) is 6.92 Å². The SMILES string of the molecule is Cc1ccnc(Nc2ncc(C=O)s2)c1. The molecule has 4 nitrogen and oxygen atoms in total. The smallest absolute Gasteiger partial charge is 0.188 e. The molecule has 0 amide bonds. The number of nitrogens with one attached hydrogen (secondary N) is 1. The maximum Gasteiger partial charge on any atom is 0.188 e. The maximum absolute atomic E-state index is 10.5. The summed E-state index contributed by atoms with van der Waals surface area (Å²) in [6, 6.07) is 3.84. The lowest BCUT2D eigenvalue weighted by Gasteiger charge is -2.01. The standard InChI is InChI=1S/C10H9N3OS/c1-7-2-3-11-9(4-7)13-10-12-5-8(6-14)15-10/h2-6H,1H3,(H,11,12,13). The molecule has 2 rings (SSSR count). The fourth-order valence-corrected chi connectivity index (χ4v) is 1.75. The summed E-state index contributed by atoms with van der Waals surface area (Å²) in [7, 11) is 0. The number of aromatic nitrogens is 2. The van der Waals surface area contributed by atoms with Crippen molar-refractivity contribution in [1.29, 1.82) is 0 Å². The second kappa shape index (κ2) is 4.18. The van der Waals surface area contributed by atoms with E-state index in [-0.39, 0.29) is 0 Å². The molecule has 2 aromatic rings. The number of aldehydes is 1. The van der Waals surface area contributed by atoms with E-state index in [2.05, 4.69) is 15.3 Å². The van der Waals surface area contributed by atoms with Crippen molar-refractivity contribution in [3.05, 3.63) is 35.0 Å². The Morgan fingerprint density at radius 2 is 2.33 bits per heavy atom. The molecule has 0 aliphatic rings. The van der Waals surface area contributed by atoms with Crippen molar-refractivity contribution >= 4 is 28.6 Å². The number of carbonyl (C=O) groups excluding carboxylic acids is 1. The van der Waals surface area contributed by atoms with Crippen LogP contribution in [0.1, 0.15) is 15.2 Å². The minimum Gasteiger partial charge on any atom is -0.316 e. The monoisotopic (exact) mass is 219 g/mol. The molecule has 0 atom stereocenters. The summed E-state index contributed by atoms with van der Waals surface area (Å²) >= 11 is 1.30. The number of nitrogens with zero attached hydrogens (tertiary/aromatic N) is 2. The predicted molar refractivity (Wildman–Crippen MR) is 59.8 cm³/mol. The Hall–Kier alpha value is -1.75. The first kappa shape index (κ1) is 9.79. The Bertz CT molecular complexity index is 481. The van der Waals surface area contributed by atoms with Gasteiger partial charge in [-0.25, -0.2) is 9.97 Å². The molecule has 0 aliphatic heterocycles. The van der Waals surface area contributed by atoms with Crippen LogP contribution in [0.25, 0.3) is 0 Å². The molecule has 0 saturated carbocycles. The molecule has 0 fully saturated rings. The molecular formula is C10H9N3OS. The molecular weight excluding hydrogens is 210 g/mol. The fourth-order valence-electron chi connectivity index (χ4n) is 1.11. The van der Waals surface area contributed by atoms with Gasteiger partial charge in [-0.05, 0) is 24.6 Å². The van der Waals surface area contributed by atoms with Crippen molar-refractivity contribution in [2.24, 2.45) is 0 Å². The van der Waals surface area contributed by atoms with Crippen LogP contribution in [0, 0.1) is 6.92 Å². The van der Waals surface area contributed by atoms with Gasteiger partial charge in [0.15, 0.2) is 11.4 Å². The van der Waals surface area contributed by atoms with Gasteiger partial charge in [-0.15, -0.1) is 0 Å². The number of carbonyl (C=O) groups is 1. The number of hydrogen-bond donors (Lipinski definition) is 1. The molecule has 76 valence electrons. The maximum atomic E-state index is 10.5. The van der Waals surface area contributed by atoms with E-state index in [1.807, 2.05) is 19.1 Å². The number of aryl methyl sites for hydroxylation is 1. The van der Waals surface area contributed by atoms with Gasteiger partial charge in [-0.2, -0.15) is 0 Å². The summed E-state index contributed by atoms with van der Waals surface area (Å²) in [4.78, 5) is 19.2. The van der Waals surface area contributed by atoms with E-state index in [9.17, 15) is 4.79 Å². The highest BCUT2D eigenvalue weighted by Gasteiger charge is 2.01. The van der Waals surface area contributed by atoms with Crippen LogP contribution in [0.2, 0.25) is 0 Å². The quantitative estimate of drug-likeness (QED) is 0.805. The molecule has 0 bridgehead atoms. The van der Waals surface area contributed by atoms with E-state index < -0.39 is 0 Å². The van der Waals surface area contributed by atoms with Crippen molar-refractivity contribution < 1.29 is 4.79 Å². The molecule has 0 saturated heterocycles. The van der Waals surface area contributed by atoms with Crippen LogP contribution in [-0.2, 0) is 0 Å². The van der Waals surface area contributed by atoms with Gasteiger partial charge >= 0.3 is 0 Å². The van der Waals surface area contributed by atoms with Crippen molar-refractivity contribution in [2.75, 3.05) is 5.32 Å². The van der Waals surface area contributed by atoms with Crippen LogP contribution in [0.3, 0.4) is 0 Å². The highest BCUT2D eigenvalue weighted by Crippen LogP contribution is 2.20. The van der Waals surface area contributed by atoms with Gasteiger partial charge in [0.2, 0.25) is 0 Å². The zero-order valence-corrected chi connectivity index (χ0v) is 8.91. The van der Waals surface area contributed by atoms with E-state index in [0.29, 0.717) is 10.0 Å². The van der Waals surface area contributed by atoms with Gasteiger partial charge in [-0.3, -0.25) is 4.79 Å². The third-order valence-corrected chi connectivity index (χ3v) is 2.63. The molecule has 2 aromatic heterocycles. The Balaban J connectivity index is 2.18. The summed E-state index contributed by atoms with van der Waals surface area (Å²) < 4.78 is 0. The minimum absolute atomic E-state index is 0.602. The van der Waals surface area contributed by atoms with Crippen LogP contribution in [0.15, 0.2) is 24.5 Å². The topological polar surface area (TPSA) is 54.9 Å². The third kappa shape index (κ3) is 2.38. The Morgan fingerprint density at radius 3 is 3.00 bits per heavy atom. The summed E-state index contributed by atoms with van der Waals surface area (Å²) in [5.41, 5.74) is 1.12. The van der Waals surface area contributed by atoms with Crippen LogP contribution < -0.4 is 5.32 Å². The first-order chi connectivity index (χ1) is 7.28. The molecule has 2 heterocycles. The first-order valence-corrected chi connectivity index (χ1v) is 5.20. The fraction of sp³-hybridized carbons (Fsp3) is 0.100. The van der Waals surface area contributed by atoms with Crippen molar-refractivity contribution in [3.8, 4) is 0 Å². The molecule has 1 N–H and O–H groups in total. The normalized spacial score (nSPS) is 9.93. The van der Waals surface area contributed by atoms with E-state index in [1.165, 1.54) is 17.5 Å². The van der Waals surface area contributed by atoms with Gasteiger partial charge < -0.3 is 5.32 Å². The number of pyridine rings is 1. The molecule has 5 heteroatoms. The summed E-state index contributed by atoms with van der Waals surface area (Å²) in [6.45, 7) is 1.99. The summed E-state index contributed by atoms with van der Waals surface area (Å²) in [5, 5.41) is 3.71. The lowest BCUT2D eigenvalue weighted by molar-refractivity contribution is 0.112. The molecule has 0 aromatic carbocycles. The molecule has 0 unspecified atom stereocenters. The Kier molecular flexibility index (Phi) is 2.73.